The van der Waals surface area contributed by atoms with Gasteiger partial charge in [0, 0.05) is 18.2 Å². The summed E-state index contributed by atoms with van der Waals surface area (Å²) in [5, 5.41) is 14.5. The van der Waals surface area contributed by atoms with Gasteiger partial charge in [0.25, 0.3) is 0 Å². The number of fused-ring (bicyclic) bond motifs is 1. The molecule has 108 valence electrons. The maximum atomic E-state index is 5.23. The Morgan fingerprint density at radius 1 is 1.55 bits per heavy atom. The van der Waals surface area contributed by atoms with Crippen LogP contribution in [0.2, 0.25) is 0 Å². The summed E-state index contributed by atoms with van der Waals surface area (Å²) in [6.07, 6.45) is 1.64. The fraction of sp³-hybridized carbons (Fsp3) is 0.615. The van der Waals surface area contributed by atoms with Crippen molar-refractivity contribution in [3.8, 4) is 0 Å². The topological polar surface area (TPSA) is 87.4 Å². The minimum absolute atomic E-state index is 0.434. The molecule has 2 aliphatic rings. The molecule has 1 saturated heterocycles. The Bertz CT molecular complexity index is 501. The zero-order chi connectivity index (χ0) is 13.9. The predicted molar refractivity (Wildman–Crippen MR) is 75.0 cm³/mol. The molecular weight excluding hydrogens is 256 g/mol. The molecule has 0 unspecified atom stereocenters. The van der Waals surface area contributed by atoms with Gasteiger partial charge in [0.05, 0.1) is 6.21 Å². The molecule has 7 nitrogen and oxygen atoms in total. The molecule has 3 atom stereocenters. The van der Waals surface area contributed by atoms with Crippen LogP contribution in [0.15, 0.2) is 21.9 Å². The van der Waals surface area contributed by atoms with Gasteiger partial charge in [-0.2, -0.15) is 10.1 Å². The van der Waals surface area contributed by atoms with Gasteiger partial charge < -0.3 is 20.6 Å². The summed E-state index contributed by atoms with van der Waals surface area (Å²) >= 11 is 0. The lowest BCUT2D eigenvalue weighted by molar-refractivity contribution is 0.363. The van der Waals surface area contributed by atoms with E-state index in [1.54, 1.807) is 6.21 Å². The van der Waals surface area contributed by atoms with E-state index in [-0.39, 0.29) is 0 Å². The molecule has 0 aromatic carbocycles. The van der Waals surface area contributed by atoms with Gasteiger partial charge >= 0.3 is 0 Å². The first-order chi connectivity index (χ1) is 9.79. The Kier molecular flexibility index (Phi) is 3.68. The second-order valence-electron chi connectivity index (χ2n) is 5.21. The van der Waals surface area contributed by atoms with Crippen LogP contribution in [0.4, 0.5) is 0 Å². The van der Waals surface area contributed by atoms with Crippen molar-refractivity contribution in [2.24, 2.45) is 16.9 Å². The Hall–Kier alpha value is -1.89. The monoisotopic (exact) mass is 276 g/mol. The van der Waals surface area contributed by atoms with Crippen LogP contribution in [-0.2, 0) is 6.54 Å². The average Bonchev–Trinajstić information content (AvgIpc) is 2.86. The molecule has 0 radical (unpaired) electrons. The highest BCUT2D eigenvalue weighted by Gasteiger charge is 2.55. The van der Waals surface area contributed by atoms with E-state index in [1.807, 2.05) is 6.92 Å². The third-order valence-electron chi connectivity index (χ3n) is 3.82. The second-order valence-corrected chi connectivity index (χ2v) is 5.21. The van der Waals surface area contributed by atoms with E-state index in [1.165, 1.54) is 0 Å². The van der Waals surface area contributed by atoms with Gasteiger partial charge in [-0.3, -0.25) is 0 Å². The van der Waals surface area contributed by atoms with Gasteiger partial charge in [0.15, 0.2) is 5.82 Å². The van der Waals surface area contributed by atoms with Gasteiger partial charge in [-0.25, -0.2) is 0 Å². The number of aromatic nitrogens is 2. The molecular formula is C13H20N6O. The quantitative estimate of drug-likeness (QED) is 0.487. The van der Waals surface area contributed by atoms with Crippen LogP contribution in [-0.4, -0.2) is 36.0 Å². The first-order valence-electron chi connectivity index (χ1n) is 7.01. The van der Waals surface area contributed by atoms with Gasteiger partial charge in [-0.15, -0.1) is 0 Å². The normalized spacial score (nSPS) is 27.6. The van der Waals surface area contributed by atoms with E-state index in [0.29, 0.717) is 30.2 Å². The third kappa shape index (κ3) is 2.67. The highest BCUT2D eigenvalue weighted by molar-refractivity contribution is 5.76. The predicted octanol–water partition coefficient (Wildman–Crippen LogP) is 0.201. The lowest BCUT2D eigenvalue weighted by atomic mass is 10.3. The van der Waals surface area contributed by atoms with Crippen molar-refractivity contribution in [1.82, 2.24) is 26.2 Å². The molecule has 3 N–H and O–H groups in total. The van der Waals surface area contributed by atoms with Crippen molar-refractivity contribution >= 4 is 6.21 Å². The summed E-state index contributed by atoms with van der Waals surface area (Å²) < 4.78 is 5.23. The molecule has 2 heterocycles. The molecule has 0 bridgehead atoms. The Morgan fingerprint density at radius 2 is 2.35 bits per heavy atom. The van der Waals surface area contributed by atoms with E-state index in [0.717, 1.165) is 31.2 Å². The minimum Gasteiger partial charge on any atom is -0.385 e. The Balaban J connectivity index is 1.45. The molecule has 1 aliphatic carbocycles. The molecule has 3 rings (SSSR count). The number of piperidine rings is 1. The number of nitrogens with one attached hydrogen (secondary N) is 3. The summed E-state index contributed by atoms with van der Waals surface area (Å²) in [6.45, 7) is 9.23. The van der Waals surface area contributed by atoms with E-state index in [4.69, 9.17) is 4.52 Å². The largest absolute Gasteiger partial charge is 0.385 e. The van der Waals surface area contributed by atoms with Crippen molar-refractivity contribution in [3.63, 3.8) is 0 Å². The van der Waals surface area contributed by atoms with E-state index < -0.39 is 0 Å². The maximum Gasteiger partial charge on any atom is 0.247 e. The molecule has 1 aromatic rings. The van der Waals surface area contributed by atoms with Crippen LogP contribution in [0.25, 0.3) is 0 Å². The molecule has 1 aliphatic heterocycles. The molecule has 1 aromatic heterocycles. The minimum atomic E-state index is 0.434. The van der Waals surface area contributed by atoms with Gasteiger partial charge in [0.2, 0.25) is 5.89 Å². The molecule has 20 heavy (non-hydrogen) atoms. The summed E-state index contributed by atoms with van der Waals surface area (Å²) in [6, 6.07) is 0. The first-order valence-corrected chi connectivity index (χ1v) is 7.01. The molecule has 0 spiro atoms. The number of hydrogen-bond acceptors (Lipinski definition) is 7. The summed E-state index contributed by atoms with van der Waals surface area (Å²) in [4.78, 5) is 4.43. The first kappa shape index (κ1) is 13.1. The van der Waals surface area contributed by atoms with Crippen molar-refractivity contribution < 1.29 is 4.52 Å². The van der Waals surface area contributed by atoms with Crippen molar-refractivity contribution in [2.75, 3.05) is 19.6 Å². The summed E-state index contributed by atoms with van der Waals surface area (Å²) in [5.41, 5.74) is 3.64. The van der Waals surface area contributed by atoms with Crippen LogP contribution in [0.5, 0.6) is 0 Å². The smallest absolute Gasteiger partial charge is 0.247 e. The van der Waals surface area contributed by atoms with Gasteiger partial charge in [0.1, 0.15) is 6.54 Å². The lowest BCUT2D eigenvalue weighted by Gasteiger charge is -1.99. The average molecular weight is 276 g/mol. The number of hydrogen-bond donors (Lipinski definition) is 3. The maximum absolute atomic E-state index is 5.23. The zero-order valence-electron chi connectivity index (χ0n) is 11.6. The number of allylic oxidation sites excluding steroid dienone is 1. The lowest BCUT2D eigenvalue weighted by Crippen LogP contribution is -2.14. The molecule has 0 amide bonds. The SMILES string of the molecule is C=C(/C=N\NCc1nc([C@H]2[C@@H]3CNC[C@@H]32)no1)NCC. The Labute approximate surface area is 117 Å². The highest BCUT2D eigenvalue weighted by Crippen LogP contribution is 2.54. The van der Waals surface area contributed by atoms with Crippen molar-refractivity contribution in [1.29, 1.82) is 0 Å². The number of rotatable bonds is 7. The third-order valence-corrected chi connectivity index (χ3v) is 3.82. The van der Waals surface area contributed by atoms with E-state index >= 15 is 0 Å². The summed E-state index contributed by atoms with van der Waals surface area (Å²) in [7, 11) is 0. The standard InChI is InChI=1S/C13H20N6O/c1-3-15-8(2)4-16-17-7-11-18-13(19-20-11)12-9-5-14-6-10(9)12/h4,9-10,12,14-15,17H,2-3,5-7H2,1H3/b16-4-/t9-,10+,12+. The highest BCUT2D eigenvalue weighted by atomic mass is 16.5. The second kappa shape index (κ2) is 5.62. The molecule has 1 saturated carbocycles. The number of nitrogens with zero attached hydrogens (tertiary/aromatic N) is 3. The van der Waals surface area contributed by atoms with Crippen molar-refractivity contribution in [3.05, 3.63) is 24.0 Å². The molecule has 7 heteroatoms. The van der Waals surface area contributed by atoms with Gasteiger partial charge in [-0.05, 0) is 31.8 Å². The van der Waals surface area contributed by atoms with E-state index in [2.05, 4.69) is 37.9 Å². The van der Waals surface area contributed by atoms with Crippen LogP contribution < -0.4 is 16.1 Å². The fourth-order valence-corrected chi connectivity index (χ4v) is 2.79. The van der Waals surface area contributed by atoms with Crippen LogP contribution in [0.3, 0.4) is 0 Å². The van der Waals surface area contributed by atoms with Crippen LogP contribution in [0.1, 0.15) is 24.6 Å². The van der Waals surface area contributed by atoms with E-state index in [9.17, 15) is 0 Å². The molecule has 2 fully saturated rings. The zero-order valence-corrected chi connectivity index (χ0v) is 11.6. The van der Waals surface area contributed by atoms with Crippen LogP contribution in [0, 0.1) is 11.8 Å². The van der Waals surface area contributed by atoms with Crippen LogP contribution >= 0.6 is 0 Å². The van der Waals surface area contributed by atoms with Gasteiger partial charge in [-0.1, -0.05) is 11.7 Å². The van der Waals surface area contributed by atoms with Crippen molar-refractivity contribution in [2.45, 2.75) is 19.4 Å². The Morgan fingerprint density at radius 3 is 3.10 bits per heavy atom. The number of hydrazone groups is 1. The summed E-state index contributed by atoms with van der Waals surface area (Å²) in [5.74, 6) is 3.32. The fourth-order valence-electron chi connectivity index (χ4n) is 2.79.